The van der Waals surface area contributed by atoms with Crippen LogP contribution in [0.5, 0.6) is 0 Å². The first-order valence-corrected chi connectivity index (χ1v) is 7.44. The average molecular weight is 271 g/mol. The summed E-state index contributed by atoms with van der Waals surface area (Å²) in [5.41, 5.74) is 9.81. The molecule has 0 bridgehead atoms. The fourth-order valence-corrected chi connectivity index (χ4v) is 2.99. The summed E-state index contributed by atoms with van der Waals surface area (Å²) in [4.78, 5) is 4.39. The van der Waals surface area contributed by atoms with Crippen LogP contribution in [0.1, 0.15) is 12.0 Å². The van der Waals surface area contributed by atoms with Crippen LogP contribution in [0.4, 0.5) is 0 Å². The third-order valence-electron chi connectivity index (χ3n) is 3.34. The number of hydrogen-bond donors (Lipinski definition) is 1. The quantitative estimate of drug-likeness (QED) is 0.775. The number of aromatic nitrogens is 2. The fraction of sp³-hybridized carbons (Fsp3) is 0.267. The number of fused-ring (bicyclic) bond motifs is 1. The number of nitrogens with two attached hydrogens (primary N) is 1. The number of aryl methyl sites for hydroxylation is 1. The van der Waals surface area contributed by atoms with E-state index < -0.39 is 0 Å². The Hall–Kier alpha value is -1.65. The van der Waals surface area contributed by atoms with Crippen LogP contribution in [-0.2, 0) is 13.0 Å². The summed E-state index contributed by atoms with van der Waals surface area (Å²) >= 11 is 1.74. The van der Waals surface area contributed by atoms with Crippen molar-refractivity contribution in [2.24, 2.45) is 5.73 Å². The Morgan fingerprint density at radius 3 is 3.00 bits per heavy atom. The molecule has 2 heterocycles. The Labute approximate surface area is 116 Å². The molecule has 1 aromatic carbocycles. The van der Waals surface area contributed by atoms with E-state index in [0.717, 1.165) is 30.4 Å². The molecule has 3 rings (SSSR count). The minimum Gasteiger partial charge on any atom is -0.329 e. The highest BCUT2D eigenvalue weighted by atomic mass is 32.1. The molecule has 0 aliphatic rings. The molecule has 4 heteroatoms. The van der Waals surface area contributed by atoms with Gasteiger partial charge in [0, 0.05) is 12.6 Å². The highest BCUT2D eigenvalue weighted by molar-refractivity contribution is 7.07. The third-order valence-corrected chi connectivity index (χ3v) is 4.07. The van der Waals surface area contributed by atoms with E-state index in [0.29, 0.717) is 0 Å². The number of hydrogen-bond acceptors (Lipinski definition) is 3. The Morgan fingerprint density at radius 1 is 1.26 bits per heavy atom. The predicted octanol–water partition coefficient (Wildman–Crippen LogP) is 3.06. The molecule has 0 aliphatic heterocycles. The molecule has 3 aromatic rings. The molecule has 1 unspecified atom stereocenters. The smallest absolute Gasteiger partial charge is 0.0958 e. The Bertz CT molecular complexity index is 642. The van der Waals surface area contributed by atoms with Crippen LogP contribution < -0.4 is 5.73 Å². The topological polar surface area (TPSA) is 43.8 Å². The van der Waals surface area contributed by atoms with Crippen LogP contribution in [0.15, 0.2) is 47.4 Å². The van der Waals surface area contributed by atoms with Crippen LogP contribution >= 0.6 is 11.3 Å². The molecule has 2 aromatic heterocycles. The minimum atomic E-state index is 0.164. The van der Waals surface area contributed by atoms with Crippen molar-refractivity contribution in [1.29, 1.82) is 0 Å². The molecular weight excluding hydrogens is 254 g/mol. The van der Waals surface area contributed by atoms with E-state index in [1.54, 1.807) is 11.3 Å². The molecule has 0 saturated carbocycles. The molecule has 2 N–H and O–H groups in total. The Morgan fingerprint density at radius 2 is 2.16 bits per heavy atom. The summed E-state index contributed by atoms with van der Waals surface area (Å²) in [6.07, 6.45) is 3.94. The molecule has 19 heavy (non-hydrogen) atoms. The van der Waals surface area contributed by atoms with Crippen LogP contribution in [0.25, 0.3) is 11.0 Å². The van der Waals surface area contributed by atoms with Gasteiger partial charge in [0.05, 0.1) is 17.4 Å². The number of rotatable bonds is 5. The van der Waals surface area contributed by atoms with Gasteiger partial charge in [-0.1, -0.05) is 12.1 Å². The van der Waals surface area contributed by atoms with Crippen molar-refractivity contribution in [3.63, 3.8) is 0 Å². The number of imidazole rings is 1. The van der Waals surface area contributed by atoms with Gasteiger partial charge >= 0.3 is 0 Å². The first-order valence-electron chi connectivity index (χ1n) is 6.49. The highest BCUT2D eigenvalue weighted by Gasteiger charge is 2.07. The van der Waals surface area contributed by atoms with Crippen molar-refractivity contribution in [2.45, 2.75) is 25.4 Å². The van der Waals surface area contributed by atoms with E-state index in [1.807, 2.05) is 24.5 Å². The van der Waals surface area contributed by atoms with Crippen molar-refractivity contribution in [2.75, 3.05) is 0 Å². The van der Waals surface area contributed by atoms with Gasteiger partial charge in [-0.25, -0.2) is 4.98 Å². The van der Waals surface area contributed by atoms with Crippen molar-refractivity contribution >= 4 is 22.4 Å². The third kappa shape index (κ3) is 2.85. The lowest BCUT2D eigenvalue weighted by Gasteiger charge is -2.12. The molecule has 0 amide bonds. The number of para-hydroxylation sites is 2. The molecule has 0 saturated heterocycles. The second-order valence-corrected chi connectivity index (χ2v) is 5.60. The molecule has 0 fully saturated rings. The number of benzene rings is 1. The van der Waals surface area contributed by atoms with Crippen LogP contribution in [0, 0.1) is 0 Å². The van der Waals surface area contributed by atoms with Crippen LogP contribution in [-0.4, -0.2) is 15.6 Å². The zero-order chi connectivity index (χ0) is 13.1. The molecule has 0 aliphatic carbocycles. The maximum atomic E-state index is 6.23. The molecular formula is C15H17N3S. The second kappa shape index (κ2) is 5.55. The highest BCUT2D eigenvalue weighted by Crippen LogP contribution is 2.14. The summed E-state index contributed by atoms with van der Waals surface area (Å²) in [6, 6.07) is 10.5. The molecule has 0 spiro atoms. The molecule has 0 radical (unpaired) electrons. The Kier molecular flexibility index (Phi) is 3.62. The van der Waals surface area contributed by atoms with Gasteiger partial charge in [-0.2, -0.15) is 11.3 Å². The van der Waals surface area contributed by atoms with Gasteiger partial charge in [-0.05, 0) is 47.4 Å². The fourth-order valence-electron chi connectivity index (χ4n) is 2.29. The van der Waals surface area contributed by atoms with E-state index in [1.165, 1.54) is 5.56 Å². The number of nitrogens with zero attached hydrogens (tertiary/aromatic N) is 2. The zero-order valence-corrected chi connectivity index (χ0v) is 11.5. The van der Waals surface area contributed by atoms with Crippen molar-refractivity contribution < 1.29 is 0 Å². The lowest BCUT2D eigenvalue weighted by molar-refractivity contribution is 0.527. The SMILES string of the molecule is NC(CCc1ccsc1)Cn1cnc2ccccc21. The van der Waals surface area contributed by atoms with Gasteiger partial charge in [0.1, 0.15) is 0 Å². The van der Waals surface area contributed by atoms with E-state index >= 15 is 0 Å². The lowest BCUT2D eigenvalue weighted by Crippen LogP contribution is -2.26. The second-order valence-electron chi connectivity index (χ2n) is 4.82. The lowest BCUT2D eigenvalue weighted by atomic mass is 10.1. The summed E-state index contributed by atoms with van der Waals surface area (Å²) in [7, 11) is 0. The van der Waals surface area contributed by atoms with Crippen LogP contribution in [0.2, 0.25) is 0 Å². The summed E-state index contributed by atoms with van der Waals surface area (Å²) in [5, 5.41) is 4.31. The van der Waals surface area contributed by atoms with Gasteiger partial charge in [-0.3, -0.25) is 0 Å². The van der Waals surface area contributed by atoms with Gasteiger partial charge in [0.15, 0.2) is 0 Å². The van der Waals surface area contributed by atoms with Crippen molar-refractivity contribution in [1.82, 2.24) is 9.55 Å². The Balaban J connectivity index is 1.64. The van der Waals surface area contributed by atoms with Gasteiger partial charge < -0.3 is 10.3 Å². The predicted molar refractivity (Wildman–Crippen MR) is 80.3 cm³/mol. The first-order chi connectivity index (χ1) is 9.33. The average Bonchev–Trinajstić information content (AvgIpc) is 3.07. The van der Waals surface area contributed by atoms with Crippen LogP contribution in [0.3, 0.4) is 0 Å². The van der Waals surface area contributed by atoms with E-state index in [-0.39, 0.29) is 6.04 Å². The zero-order valence-electron chi connectivity index (χ0n) is 10.7. The maximum Gasteiger partial charge on any atom is 0.0958 e. The standard InChI is InChI=1S/C15H17N3S/c16-13(6-5-12-7-8-19-10-12)9-18-11-17-14-3-1-2-4-15(14)18/h1-4,7-8,10-11,13H,5-6,9,16H2. The van der Waals surface area contributed by atoms with Gasteiger partial charge in [0.2, 0.25) is 0 Å². The van der Waals surface area contributed by atoms with E-state index in [2.05, 4.69) is 32.4 Å². The molecule has 98 valence electrons. The van der Waals surface area contributed by atoms with E-state index in [9.17, 15) is 0 Å². The number of thiophene rings is 1. The summed E-state index contributed by atoms with van der Waals surface area (Å²) in [6.45, 7) is 0.824. The normalized spacial score (nSPS) is 12.9. The molecule has 1 atom stereocenters. The minimum absolute atomic E-state index is 0.164. The van der Waals surface area contributed by atoms with E-state index in [4.69, 9.17) is 5.73 Å². The van der Waals surface area contributed by atoms with Gasteiger partial charge in [-0.15, -0.1) is 0 Å². The van der Waals surface area contributed by atoms with Crippen molar-refractivity contribution in [3.05, 3.63) is 53.0 Å². The molecule has 3 nitrogen and oxygen atoms in total. The monoisotopic (exact) mass is 271 g/mol. The summed E-state index contributed by atoms with van der Waals surface area (Å²) in [5.74, 6) is 0. The van der Waals surface area contributed by atoms with Crippen molar-refractivity contribution in [3.8, 4) is 0 Å². The largest absolute Gasteiger partial charge is 0.329 e. The maximum absolute atomic E-state index is 6.23. The van der Waals surface area contributed by atoms with Gasteiger partial charge in [0.25, 0.3) is 0 Å². The first kappa shape index (κ1) is 12.4. The summed E-state index contributed by atoms with van der Waals surface area (Å²) < 4.78 is 2.15.